The first-order chi connectivity index (χ1) is 13.6. The van der Waals surface area contributed by atoms with Crippen molar-refractivity contribution in [2.45, 2.75) is 31.9 Å². The van der Waals surface area contributed by atoms with Crippen LogP contribution in [0.4, 0.5) is 0 Å². The van der Waals surface area contributed by atoms with Crippen LogP contribution in [0.25, 0.3) is 0 Å². The van der Waals surface area contributed by atoms with Crippen LogP contribution in [0.5, 0.6) is 0 Å². The Kier molecular flexibility index (Phi) is 6.83. The molecule has 1 fully saturated rings. The van der Waals surface area contributed by atoms with Gasteiger partial charge in [0.15, 0.2) is 0 Å². The first kappa shape index (κ1) is 20.5. The molecular formula is C21H29N3O4. The van der Waals surface area contributed by atoms with E-state index < -0.39 is 11.5 Å². The minimum absolute atomic E-state index is 0.115. The van der Waals surface area contributed by atoms with Crippen molar-refractivity contribution in [3.63, 3.8) is 0 Å². The molecule has 3 rings (SSSR count). The summed E-state index contributed by atoms with van der Waals surface area (Å²) in [4.78, 5) is 14.7. The van der Waals surface area contributed by atoms with E-state index in [9.17, 15) is 15.0 Å². The normalized spacial score (nSPS) is 22.4. The zero-order valence-corrected chi connectivity index (χ0v) is 16.3. The van der Waals surface area contributed by atoms with Crippen molar-refractivity contribution < 1.29 is 19.7 Å². The Morgan fingerprint density at radius 1 is 1.36 bits per heavy atom. The Morgan fingerprint density at radius 3 is 2.86 bits per heavy atom. The van der Waals surface area contributed by atoms with Crippen molar-refractivity contribution in [2.75, 3.05) is 33.4 Å². The number of amides is 1. The SMILES string of the molecule is COCCC[C@@]1(CO)CN(C(=O)c2cnn(Cc3ccccc3)c2)CC[C@H]1O. The molecule has 1 aliphatic heterocycles. The fourth-order valence-electron chi connectivity index (χ4n) is 3.88. The Balaban J connectivity index is 1.68. The molecule has 7 heteroatoms. The molecule has 2 atom stereocenters. The average Bonchev–Trinajstić information content (AvgIpc) is 3.18. The Morgan fingerprint density at radius 2 is 2.14 bits per heavy atom. The summed E-state index contributed by atoms with van der Waals surface area (Å²) in [5.41, 5.74) is 0.936. The lowest BCUT2D eigenvalue weighted by atomic mass is 9.74. The number of aromatic nitrogens is 2. The summed E-state index contributed by atoms with van der Waals surface area (Å²) in [6, 6.07) is 9.95. The first-order valence-corrected chi connectivity index (χ1v) is 9.71. The number of aliphatic hydroxyl groups excluding tert-OH is 2. The summed E-state index contributed by atoms with van der Waals surface area (Å²) >= 11 is 0. The topological polar surface area (TPSA) is 87.8 Å². The van der Waals surface area contributed by atoms with Gasteiger partial charge in [0.2, 0.25) is 0 Å². The third kappa shape index (κ3) is 4.60. The van der Waals surface area contributed by atoms with E-state index in [1.54, 1.807) is 29.1 Å². The summed E-state index contributed by atoms with van der Waals surface area (Å²) in [5.74, 6) is -0.115. The summed E-state index contributed by atoms with van der Waals surface area (Å²) in [5, 5.41) is 24.8. The maximum absolute atomic E-state index is 13.0. The zero-order chi connectivity index (χ0) is 20.0. The quantitative estimate of drug-likeness (QED) is 0.671. The lowest BCUT2D eigenvalue weighted by Crippen LogP contribution is -2.55. The van der Waals surface area contributed by atoms with Crippen LogP contribution < -0.4 is 0 Å². The molecule has 28 heavy (non-hydrogen) atoms. The van der Waals surface area contributed by atoms with Crippen LogP contribution in [0.15, 0.2) is 42.7 Å². The van der Waals surface area contributed by atoms with Gasteiger partial charge in [0.1, 0.15) is 0 Å². The van der Waals surface area contributed by atoms with Gasteiger partial charge in [-0.25, -0.2) is 0 Å². The number of piperidine rings is 1. The van der Waals surface area contributed by atoms with E-state index in [-0.39, 0.29) is 12.5 Å². The molecule has 2 N–H and O–H groups in total. The summed E-state index contributed by atoms with van der Waals surface area (Å²) in [7, 11) is 1.63. The van der Waals surface area contributed by atoms with Crippen LogP contribution in [-0.4, -0.2) is 70.3 Å². The van der Waals surface area contributed by atoms with E-state index in [0.29, 0.717) is 44.6 Å². The van der Waals surface area contributed by atoms with Crippen LogP contribution in [0.2, 0.25) is 0 Å². The molecule has 1 saturated heterocycles. The highest BCUT2D eigenvalue weighted by atomic mass is 16.5. The fraction of sp³-hybridized carbons (Fsp3) is 0.524. The second-order valence-corrected chi connectivity index (χ2v) is 7.56. The molecule has 1 aliphatic rings. The van der Waals surface area contributed by atoms with Gasteiger partial charge in [0.05, 0.1) is 31.0 Å². The van der Waals surface area contributed by atoms with Crippen molar-refractivity contribution in [1.29, 1.82) is 0 Å². The van der Waals surface area contributed by atoms with Crippen LogP contribution in [0, 0.1) is 5.41 Å². The van der Waals surface area contributed by atoms with Gasteiger partial charge in [0, 0.05) is 38.4 Å². The lowest BCUT2D eigenvalue weighted by molar-refractivity contribution is -0.0745. The highest BCUT2D eigenvalue weighted by Gasteiger charge is 2.43. The van der Waals surface area contributed by atoms with E-state index in [1.807, 2.05) is 30.3 Å². The number of rotatable bonds is 8. The molecule has 1 aromatic heterocycles. The molecule has 0 radical (unpaired) electrons. The van der Waals surface area contributed by atoms with Gasteiger partial charge in [-0.1, -0.05) is 30.3 Å². The maximum Gasteiger partial charge on any atom is 0.257 e. The first-order valence-electron chi connectivity index (χ1n) is 9.71. The largest absolute Gasteiger partial charge is 0.396 e. The van der Waals surface area contributed by atoms with Crippen molar-refractivity contribution in [1.82, 2.24) is 14.7 Å². The summed E-state index contributed by atoms with van der Waals surface area (Å²) in [6.45, 7) is 1.81. The molecule has 0 bridgehead atoms. The van der Waals surface area contributed by atoms with Crippen molar-refractivity contribution >= 4 is 5.91 Å². The monoisotopic (exact) mass is 387 g/mol. The lowest BCUT2D eigenvalue weighted by Gasteiger charge is -2.45. The van der Waals surface area contributed by atoms with Crippen molar-refractivity contribution in [2.24, 2.45) is 5.41 Å². The number of ether oxygens (including phenoxy) is 1. The van der Waals surface area contributed by atoms with Gasteiger partial charge in [-0.15, -0.1) is 0 Å². The molecule has 2 aromatic rings. The van der Waals surface area contributed by atoms with Gasteiger partial charge in [0.25, 0.3) is 5.91 Å². The van der Waals surface area contributed by atoms with E-state index in [2.05, 4.69) is 5.10 Å². The number of hydrogen-bond acceptors (Lipinski definition) is 5. The molecular weight excluding hydrogens is 358 g/mol. The molecule has 0 saturated carbocycles. The molecule has 7 nitrogen and oxygen atoms in total. The number of aliphatic hydroxyl groups is 2. The maximum atomic E-state index is 13.0. The number of hydrogen-bond donors (Lipinski definition) is 2. The number of likely N-dealkylation sites (tertiary alicyclic amines) is 1. The number of nitrogens with zero attached hydrogens (tertiary/aromatic N) is 3. The van der Waals surface area contributed by atoms with Crippen molar-refractivity contribution in [3.8, 4) is 0 Å². The number of benzene rings is 1. The standard InChI is InChI=1S/C21H29N3O4/c1-28-11-5-9-21(16-25)15-23(10-8-19(21)26)20(27)18-12-22-24(14-18)13-17-6-3-2-4-7-17/h2-4,6-7,12,14,19,25-26H,5,8-11,13,15-16H2,1H3/t19-,21+/m1/s1. The third-order valence-electron chi connectivity index (χ3n) is 5.58. The average molecular weight is 387 g/mol. The second-order valence-electron chi connectivity index (χ2n) is 7.56. The Labute approximate surface area is 165 Å². The minimum atomic E-state index is -0.702. The van der Waals surface area contributed by atoms with E-state index >= 15 is 0 Å². The molecule has 1 aromatic carbocycles. The van der Waals surface area contributed by atoms with Gasteiger partial charge >= 0.3 is 0 Å². The highest BCUT2D eigenvalue weighted by molar-refractivity contribution is 5.93. The van der Waals surface area contributed by atoms with Gasteiger partial charge in [-0.05, 0) is 24.8 Å². The number of carbonyl (C=O) groups excluding carboxylic acids is 1. The smallest absolute Gasteiger partial charge is 0.257 e. The minimum Gasteiger partial charge on any atom is -0.396 e. The molecule has 0 aliphatic carbocycles. The molecule has 2 heterocycles. The predicted octanol–water partition coefficient (Wildman–Crippen LogP) is 1.54. The molecule has 152 valence electrons. The van der Waals surface area contributed by atoms with Crippen LogP contribution >= 0.6 is 0 Å². The van der Waals surface area contributed by atoms with Crippen LogP contribution in [-0.2, 0) is 11.3 Å². The van der Waals surface area contributed by atoms with E-state index in [0.717, 1.165) is 12.0 Å². The summed E-state index contributed by atoms with van der Waals surface area (Å²) < 4.78 is 6.85. The van der Waals surface area contributed by atoms with Gasteiger partial charge < -0.3 is 19.8 Å². The Bertz CT molecular complexity index is 764. The molecule has 0 spiro atoms. The Hall–Kier alpha value is -2.22. The van der Waals surface area contributed by atoms with Crippen LogP contribution in [0.3, 0.4) is 0 Å². The molecule has 0 unspecified atom stereocenters. The van der Waals surface area contributed by atoms with Crippen LogP contribution in [0.1, 0.15) is 35.2 Å². The highest BCUT2D eigenvalue weighted by Crippen LogP contribution is 2.35. The zero-order valence-electron chi connectivity index (χ0n) is 16.3. The third-order valence-corrected chi connectivity index (χ3v) is 5.58. The fourth-order valence-corrected chi connectivity index (χ4v) is 3.88. The molecule has 1 amide bonds. The number of carbonyl (C=O) groups is 1. The van der Waals surface area contributed by atoms with Crippen molar-refractivity contribution in [3.05, 3.63) is 53.9 Å². The van der Waals surface area contributed by atoms with E-state index in [4.69, 9.17) is 4.74 Å². The van der Waals surface area contributed by atoms with E-state index in [1.165, 1.54) is 0 Å². The summed E-state index contributed by atoms with van der Waals surface area (Å²) in [6.07, 6.45) is 4.51. The number of methoxy groups -OCH3 is 1. The van der Waals surface area contributed by atoms with Gasteiger partial charge in [-0.2, -0.15) is 5.10 Å². The predicted molar refractivity (Wildman–Crippen MR) is 105 cm³/mol. The van der Waals surface area contributed by atoms with Gasteiger partial charge in [-0.3, -0.25) is 9.48 Å². The second kappa shape index (κ2) is 9.32.